The highest BCUT2D eigenvalue weighted by Crippen LogP contribution is 2.21. The van der Waals surface area contributed by atoms with Crippen LogP contribution in [0.25, 0.3) is 16.6 Å². The lowest BCUT2D eigenvalue weighted by Crippen LogP contribution is -2.54. The molecule has 0 radical (unpaired) electrons. The van der Waals surface area contributed by atoms with Crippen LogP contribution in [0.4, 0.5) is 0 Å². The second-order valence-corrected chi connectivity index (χ2v) is 11.7. The lowest BCUT2D eigenvalue weighted by molar-refractivity contribution is -0.130. The Morgan fingerprint density at radius 1 is 1.08 bits per heavy atom. The first-order valence-electron chi connectivity index (χ1n) is 16.1. The number of H-pyrrole nitrogens is 1. The SMILES string of the molecule is Cc1oc2nc1C(=O)NCCCC[C@H](NC(=O)c1cccc(-n3cccn3)c1)C(=O)N[C@H](Cc1c[nH]c3ccccc13)C(=O)N[C@@H]2C.O=CO. The second-order valence-electron chi connectivity index (χ2n) is 11.7. The number of nitrogens with one attached hydrogen (secondary N) is 5. The minimum absolute atomic E-state index is 0.152. The fourth-order valence-electron chi connectivity index (χ4n) is 5.67. The Morgan fingerprint density at radius 2 is 1.88 bits per heavy atom. The normalized spacial score (nSPS) is 18.6. The maximum absolute atomic E-state index is 13.9. The molecule has 50 heavy (non-hydrogen) atoms. The van der Waals surface area contributed by atoms with Gasteiger partial charge in [0.25, 0.3) is 18.3 Å². The summed E-state index contributed by atoms with van der Waals surface area (Å²) in [7, 11) is 0. The monoisotopic (exact) mass is 682 g/mol. The number of benzene rings is 2. The van der Waals surface area contributed by atoms with Gasteiger partial charge in [0.2, 0.25) is 17.7 Å². The number of carbonyl (C=O) groups is 5. The zero-order valence-corrected chi connectivity index (χ0v) is 27.5. The molecule has 0 aliphatic carbocycles. The zero-order valence-electron chi connectivity index (χ0n) is 27.5. The van der Waals surface area contributed by atoms with Gasteiger partial charge in [0.1, 0.15) is 23.9 Å². The topological polar surface area (TPSA) is 213 Å². The average molecular weight is 683 g/mol. The minimum atomic E-state index is -1.00. The Kier molecular flexibility index (Phi) is 11.4. The highest BCUT2D eigenvalue weighted by atomic mass is 16.4. The highest BCUT2D eigenvalue weighted by Gasteiger charge is 2.30. The Morgan fingerprint density at radius 3 is 2.66 bits per heavy atom. The quantitative estimate of drug-likeness (QED) is 0.150. The van der Waals surface area contributed by atoms with Crippen molar-refractivity contribution in [1.82, 2.24) is 41.0 Å². The summed E-state index contributed by atoms with van der Waals surface area (Å²) in [5.74, 6) is -1.29. The second kappa shape index (κ2) is 16.2. The van der Waals surface area contributed by atoms with E-state index in [1.165, 1.54) is 0 Å². The number of aryl methyl sites for hydroxylation is 1. The Hall–Kier alpha value is -6.25. The molecule has 0 fully saturated rings. The summed E-state index contributed by atoms with van der Waals surface area (Å²) in [6, 6.07) is 13.8. The molecule has 4 amide bonds. The first-order chi connectivity index (χ1) is 24.2. The molecule has 15 nitrogen and oxygen atoms in total. The molecule has 0 unspecified atom stereocenters. The van der Waals surface area contributed by atoms with Crippen LogP contribution in [0, 0.1) is 6.92 Å². The van der Waals surface area contributed by atoms with Crippen molar-refractivity contribution in [1.29, 1.82) is 0 Å². The van der Waals surface area contributed by atoms with Crippen LogP contribution in [-0.2, 0) is 20.8 Å². The third-order valence-electron chi connectivity index (χ3n) is 8.19. The van der Waals surface area contributed by atoms with Crippen LogP contribution < -0.4 is 21.3 Å². The fraction of sp³-hybridized carbons (Fsp3) is 0.286. The first kappa shape index (κ1) is 35.1. The van der Waals surface area contributed by atoms with E-state index in [2.05, 4.69) is 36.3 Å². The molecule has 0 saturated heterocycles. The number of oxazole rings is 1. The molecule has 0 spiro atoms. The van der Waals surface area contributed by atoms with Crippen LogP contribution in [0.5, 0.6) is 0 Å². The predicted molar refractivity (Wildman–Crippen MR) is 181 cm³/mol. The molecule has 3 atom stereocenters. The largest absolute Gasteiger partial charge is 0.483 e. The van der Waals surface area contributed by atoms with Crippen molar-refractivity contribution in [2.75, 3.05) is 6.54 Å². The molecule has 4 heterocycles. The molecule has 260 valence electrons. The predicted octanol–water partition coefficient (Wildman–Crippen LogP) is 2.97. The Balaban J connectivity index is 0.00000156. The van der Waals surface area contributed by atoms with E-state index in [0.29, 0.717) is 36.4 Å². The number of aromatic nitrogens is 4. The van der Waals surface area contributed by atoms with Gasteiger partial charge in [-0.25, -0.2) is 9.67 Å². The summed E-state index contributed by atoms with van der Waals surface area (Å²) >= 11 is 0. The van der Waals surface area contributed by atoms with Gasteiger partial charge in [-0.3, -0.25) is 24.0 Å². The van der Waals surface area contributed by atoms with Crippen LogP contribution in [-0.4, -0.2) is 73.6 Å². The van der Waals surface area contributed by atoms with Gasteiger partial charge in [0.15, 0.2) is 5.69 Å². The standard InChI is InChI=1S/C34H36N8O5.CH2O2/c1-20-34-41-29(21(2)47-34)33(46)35-14-6-5-13-27(39-30(43)22-9-7-10-24(17-22)42-16-8-15-37-42)31(44)40-28(32(45)38-20)18-23-19-36-26-12-4-3-11-25(23)26;2-1-3/h3-4,7-12,15-17,19-20,27-28,36H,5-6,13-14,18H2,1-2H3,(H,35,46)(H,38,45)(H,39,43)(H,40,44);1H,(H,2,3)/t20-,27+,28-;/m1./s1. The average Bonchev–Trinajstić information content (AvgIpc) is 3.88. The van der Waals surface area contributed by atoms with Crippen molar-refractivity contribution in [2.45, 2.75) is 57.7 Å². The van der Waals surface area contributed by atoms with E-state index < -0.39 is 35.8 Å². The number of para-hydroxylation sites is 1. The number of fused-ring (bicyclic) bond motifs is 3. The number of carbonyl (C=O) groups excluding carboxylic acids is 4. The molecule has 2 bridgehead atoms. The van der Waals surface area contributed by atoms with E-state index in [1.54, 1.807) is 55.2 Å². The van der Waals surface area contributed by atoms with Crippen molar-refractivity contribution in [2.24, 2.45) is 0 Å². The lowest BCUT2D eigenvalue weighted by Gasteiger charge is -2.24. The molecule has 1 aliphatic rings. The zero-order chi connectivity index (χ0) is 35.6. The molecular formula is C35H38N8O7. The summed E-state index contributed by atoms with van der Waals surface area (Å²) in [4.78, 5) is 70.0. The van der Waals surface area contributed by atoms with Gasteiger partial charge in [-0.2, -0.15) is 5.10 Å². The van der Waals surface area contributed by atoms with Gasteiger partial charge < -0.3 is 35.8 Å². The van der Waals surface area contributed by atoms with Gasteiger partial charge in [0.05, 0.1) is 5.69 Å². The number of hydrogen-bond donors (Lipinski definition) is 6. The van der Waals surface area contributed by atoms with Gasteiger partial charge >= 0.3 is 0 Å². The summed E-state index contributed by atoms with van der Waals surface area (Å²) in [6.45, 7) is 3.43. The maximum atomic E-state index is 13.9. The van der Waals surface area contributed by atoms with Crippen molar-refractivity contribution < 1.29 is 33.5 Å². The number of hydrogen-bond acceptors (Lipinski definition) is 8. The Bertz CT molecular complexity index is 1970. The van der Waals surface area contributed by atoms with Gasteiger partial charge in [-0.1, -0.05) is 24.3 Å². The van der Waals surface area contributed by atoms with Gasteiger partial charge in [0, 0.05) is 48.0 Å². The molecule has 6 N–H and O–H groups in total. The molecule has 1 aliphatic heterocycles. The summed E-state index contributed by atoms with van der Waals surface area (Å²) in [5.41, 5.74) is 2.94. The van der Waals surface area contributed by atoms with Crippen LogP contribution in [0.2, 0.25) is 0 Å². The number of carboxylic acid groups (broad SMARTS) is 1. The van der Waals surface area contributed by atoms with E-state index in [4.69, 9.17) is 14.3 Å². The summed E-state index contributed by atoms with van der Waals surface area (Å²) in [5, 5.41) is 23.6. The van der Waals surface area contributed by atoms with Gasteiger partial charge in [-0.05, 0) is 69.0 Å². The lowest BCUT2D eigenvalue weighted by atomic mass is 10.0. The number of nitrogens with zero attached hydrogens (tertiary/aromatic N) is 3. The van der Waals surface area contributed by atoms with Crippen LogP contribution in [0.15, 0.2) is 77.6 Å². The van der Waals surface area contributed by atoms with E-state index in [9.17, 15) is 19.2 Å². The van der Waals surface area contributed by atoms with E-state index in [1.807, 2.05) is 36.5 Å². The molecule has 0 saturated carbocycles. The van der Waals surface area contributed by atoms with Crippen molar-refractivity contribution in [3.8, 4) is 5.69 Å². The maximum Gasteiger partial charge on any atom is 0.290 e. The minimum Gasteiger partial charge on any atom is -0.483 e. The van der Waals surface area contributed by atoms with E-state index in [0.717, 1.165) is 16.5 Å². The molecule has 15 heteroatoms. The Labute approximate surface area is 286 Å². The molecule has 3 aromatic heterocycles. The van der Waals surface area contributed by atoms with E-state index in [-0.39, 0.29) is 36.8 Å². The third kappa shape index (κ3) is 8.42. The van der Waals surface area contributed by atoms with Crippen molar-refractivity contribution >= 4 is 41.0 Å². The summed E-state index contributed by atoms with van der Waals surface area (Å²) in [6.07, 6.45) is 6.74. The van der Waals surface area contributed by atoms with Gasteiger partial charge in [-0.15, -0.1) is 0 Å². The van der Waals surface area contributed by atoms with Crippen LogP contribution >= 0.6 is 0 Å². The van der Waals surface area contributed by atoms with E-state index >= 15 is 0 Å². The smallest absolute Gasteiger partial charge is 0.290 e. The first-order valence-corrected chi connectivity index (χ1v) is 16.1. The van der Waals surface area contributed by atoms with Crippen LogP contribution in [0.1, 0.15) is 70.3 Å². The molecule has 6 rings (SSSR count). The number of amides is 4. The van der Waals surface area contributed by atoms with Crippen molar-refractivity contribution in [3.05, 3.63) is 102 Å². The fourth-order valence-corrected chi connectivity index (χ4v) is 5.67. The highest BCUT2D eigenvalue weighted by molar-refractivity contribution is 5.99. The number of rotatable bonds is 5. The molecular weight excluding hydrogens is 644 g/mol. The third-order valence-corrected chi connectivity index (χ3v) is 8.19. The summed E-state index contributed by atoms with van der Waals surface area (Å²) < 4.78 is 7.38. The number of aromatic amines is 1. The van der Waals surface area contributed by atoms with Crippen LogP contribution in [0.3, 0.4) is 0 Å². The van der Waals surface area contributed by atoms with Crippen molar-refractivity contribution in [3.63, 3.8) is 0 Å². The molecule has 2 aromatic carbocycles. The molecule has 5 aromatic rings.